The summed E-state index contributed by atoms with van der Waals surface area (Å²) in [5.41, 5.74) is 1.84. The van der Waals surface area contributed by atoms with E-state index >= 15 is 0 Å². The zero-order valence-electron chi connectivity index (χ0n) is 15.2. The van der Waals surface area contributed by atoms with Crippen molar-refractivity contribution in [3.63, 3.8) is 0 Å². The van der Waals surface area contributed by atoms with Gasteiger partial charge in [-0.2, -0.15) is 0 Å². The Morgan fingerprint density at radius 3 is 2.82 bits per heavy atom. The van der Waals surface area contributed by atoms with E-state index in [1.807, 2.05) is 37.3 Å². The fourth-order valence-electron chi connectivity index (χ4n) is 2.99. The van der Waals surface area contributed by atoms with E-state index in [9.17, 15) is 4.79 Å². The molecular weight excluding hydrogens is 372 g/mol. The van der Waals surface area contributed by atoms with Gasteiger partial charge in [-0.25, -0.2) is 0 Å². The second-order valence-electron chi connectivity index (χ2n) is 6.26. The molecule has 6 nitrogen and oxygen atoms in total. The van der Waals surface area contributed by atoms with Crippen molar-refractivity contribution in [2.75, 3.05) is 5.75 Å². The quantitative estimate of drug-likeness (QED) is 0.496. The third-order valence-electron chi connectivity index (χ3n) is 4.31. The summed E-state index contributed by atoms with van der Waals surface area (Å²) in [5.74, 6) is 0.496. The van der Waals surface area contributed by atoms with Crippen molar-refractivity contribution in [1.29, 1.82) is 0 Å². The van der Waals surface area contributed by atoms with E-state index in [0.29, 0.717) is 11.1 Å². The highest BCUT2D eigenvalue weighted by Crippen LogP contribution is 2.25. The highest BCUT2D eigenvalue weighted by Gasteiger charge is 2.15. The number of carbonyl (C=O) groups excluding carboxylic acids is 1. The lowest BCUT2D eigenvalue weighted by Crippen LogP contribution is -2.28. The van der Waals surface area contributed by atoms with Crippen LogP contribution in [0.4, 0.5) is 0 Å². The predicted octanol–water partition coefficient (Wildman–Crippen LogP) is 4.25. The first-order valence-electron chi connectivity index (χ1n) is 8.84. The van der Waals surface area contributed by atoms with E-state index in [4.69, 9.17) is 4.42 Å². The van der Waals surface area contributed by atoms with Crippen LogP contribution in [0.5, 0.6) is 0 Å². The molecule has 0 aliphatic carbocycles. The van der Waals surface area contributed by atoms with E-state index in [1.165, 1.54) is 11.8 Å². The van der Waals surface area contributed by atoms with Gasteiger partial charge in [-0.3, -0.25) is 9.78 Å². The van der Waals surface area contributed by atoms with Crippen molar-refractivity contribution in [1.82, 2.24) is 20.5 Å². The lowest BCUT2D eigenvalue weighted by Gasteiger charge is -2.16. The molecule has 1 atom stereocenters. The summed E-state index contributed by atoms with van der Waals surface area (Å²) in [5, 5.41) is 13.7. The smallest absolute Gasteiger partial charge is 0.277 e. The molecule has 0 saturated heterocycles. The molecule has 2 heterocycles. The van der Waals surface area contributed by atoms with Gasteiger partial charge in [0.1, 0.15) is 0 Å². The molecule has 2 aromatic carbocycles. The molecule has 2 aromatic heterocycles. The molecule has 28 heavy (non-hydrogen) atoms. The second kappa shape index (κ2) is 8.22. The number of benzene rings is 2. The van der Waals surface area contributed by atoms with Crippen molar-refractivity contribution < 1.29 is 9.21 Å². The Labute approximate surface area is 166 Å². The molecule has 1 N–H and O–H groups in total. The maximum absolute atomic E-state index is 12.4. The first-order chi connectivity index (χ1) is 13.7. The monoisotopic (exact) mass is 390 g/mol. The summed E-state index contributed by atoms with van der Waals surface area (Å²) in [4.78, 5) is 16.4. The molecule has 140 valence electrons. The number of pyridine rings is 1. The first-order valence-corrected chi connectivity index (χ1v) is 9.83. The minimum Gasteiger partial charge on any atom is -0.411 e. The molecule has 1 amide bonds. The van der Waals surface area contributed by atoms with Crippen LogP contribution in [0, 0.1) is 0 Å². The summed E-state index contributed by atoms with van der Waals surface area (Å²) in [6.07, 6.45) is 3.33. The summed E-state index contributed by atoms with van der Waals surface area (Å²) in [6.45, 7) is 1.98. The van der Waals surface area contributed by atoms with Gasteiger partial charge in [-0.05, 0) is 35.4 Å². The molecule has 0 aliphatic heterocycles. The largest absolute Gasteiger partial charge is 0.411 e. The van der Waals surface area contributed by atoms with Gasteiger partial charge in [-0.1, -0.05) is 54.2 Å². The van der Waals surface area contributed by atoms with Gasteiger partial charge >= 0.3 is 0 Å². The summed E-state index contributed by atoms with van der Waals surface area (Å²) >= 11 is 1.21. The Morgan fingerprint density at radius 1 is 1.11 bits per heavy atom. The van der Waals surface area contributed by atoms with Gasteiger partial charge in [0.2, 0.25) is 11.8 Å². The van der Waals surface area contributed by atoms with Gasteiger partial charge in [0.05, 0.1) is 17.4 Å². The molecule has 0 radical (unpaired) electrons. The highest BCUT2D eigenvalue weighted by atomic mass is 32.2. The third kappa shape index (κ3) is 4.04. The first kappa shape index (κ1) is 18.2. The van der Waals surface area contributed by atoms with E-state index in [0.717, 1.165) is 21.9 Å². The number of hydrogen-bond acceptors (Lipinski definition) is 6. The minimum absolute atomic E-state index is 0.0911. The van der Waals surface area contributed by atoms with Crippen molar-refractivity contribution in [3.8, 4) is 11.5 Å². The number of aromatic nitrogens is 3. The number of hydrogen-bond donors (Lipinski definition) is 1. The molecular formula is C21H18N4O2S. The normalized spacial score (nSPS) is 12.0. The van der Waals surface area contributed by atoms with Crippen LogP contribution in [0.2, 0.25) is 0 Å². The van der Waals surface area contributed by atoms with Crippen molar-refractivity contribution in [2.24, 2.45) is 0 Å². The van der Waals surface area contributed by atoms with Crippen LogP contribution >= 0.6 is 11.8 Å². The Balaban J connectivity index is 1.37. The van der Waals surface area contributed by atoms with Crippen LogP contribution in [0.15, 0.2) is 76.6 Å². The van der Waals surface area contributed by atoms with Gasteiger partial charge < -0.3 is 9.73 Å². The number of rotatable bonds is 6. The molecule has 0 saturated carbocycles. The number of nitrogens with zero attached hydrogens (tertiary/aromatic N) is 3. The number of amides is 1. The van der Waals surface area contributed by atoms with Gasteiger partial charge in [0.25, 0.3) is 5.22 Å². The molecule has 0 unspecified atom stereocenters. The zero-order valence-corrected chi connectivity index (χ0v) is 16.0. The zero-order chi connectivity index (χ0) is 19.3. The van der Waals surface area contributed by atoms with Gasteiger partial charge in [0.15, 0.2) is 0 Å². The third-order valence-corrected chi connectivity index (χ3v) is 5.13. The molecule has 0 aliphatic rings. The summed E-state index contributed by atoms with van der Waals surface area (Å²) < 4.78 is 5.59. The molecule has 0 bridgehead atoms. The van der Waals surface area contributed by atoms with Crippen molar-refractivity contribution in [2.45, 2.75) is 18.2 Å². The molecule has 4 aromatic rings. The maximum atomic E-state index is 12.4. The van der Waals surface area contributed by atoms with Crippen LogP contribution in [-0.2, 0) is 4.79 Å². The van der Waals surface area contributed by atoms with Crippen molar-refractivity contribution in [3.05, 3.63) is 72.6 Å². The lowest BCUT2D eigenvalue weighted by atomic mass is 10.00. The molecule has 4 rings (SSSR count). The SMILES string of the molecule is C[C@@H](NC(=O)CSc1nnc(-c2cccnc2)o1)c1cccc2ccccc12. The molecule has 0 spiro atoms. The topological polar surface area (TPSA) is 80.9 Å². The van der Waals surface area contributed by atoms with E-state index in [2.05, 4.69) is 38.7 Å². The van der Waals surface area contributed by atoms with Crippen LogP contribution in [0.3, 0.4) is 0 Å². The number of thioether (sulfide) groups is 1. The molecule has 0 fully saturated rings. The van der Waals surface area contributed by atoms with E-state index in [-0.39, 0.29) is 17.7 Å². The predicted molar refractivity (Wildman–Crippen MR) is 109 cm³/mol. The van der Waals surface area contributed by atoms with Crippen LogP contribution in [-0.4, -0.2) is 26.8 Å². The average molecular weight is 390 g/mol. The standard InChI is InChI=1S/C21H18N4O2S/c1-14(17-10-4-7-15-6-2-3-9-18(15)17)23-19(26)13-28-21-25-24-20(27-21)16-8-5-11-22-12-16/h2-12,14H,13H2,1H3,(H,23,26)/t14-/m1/s1. The second-order valence-corrected chi connectivity index (χ2v) is 7.19. The Morgan fingerprint density at radius 2 is 1.96 bits per heavy atom. The van der Waals surface area contributed by atoms with Gasteiger partial charge in [-0.15, -0.1) is 10.2 Å². The average Bonchev–Trinajstić information content (AvgIpc) is 3.21. The van der Waals surface area contributed by atoms with Crippen molar-refractivity contribution >= 4 is 28.4 Å². The fourth-order valence-corrected chi connectivity index (χ4v) is 3.56. The number of nitrogens with one attached hydrogen (secondary N) is 1. The fraction of sp³-hybridized carbons (Fsp3) is 0.143. The summed E-state index contributed by atoms with van der Waals surface area (Å²) in [6, 6.07) is 17.8. The number of carbonyl (C=O) groups is 1. The van der Waals surface area contributed by atoms with E-state index in [1.54, 1.807) is 18.5 Å². The lowest BCUT2D eigenvalue weighted by molar-refractivity contribution is -0.119. The van der Waals surface area contributed by atoms with Crippen LogP contribution in [0.1, 0.15) is 18.5 Å². The van der Waals surface area contributed by atoms with Crippen LogP contribution < -0.4 is 5.32 Å². The Kier molecular flexibility index (Phi) is 5.34. The van der Waals surface area contributed by atoms with Gasteiger partial charge in [0, 0.05) is 12.4 Å². The van der Waals surface area contributed by atoms with Crippen LogP contribution in [0.25, 0.3) is 22.2 Å². The van der Waals surface area contributed by atoms with E-state index < -0.39 is 0 Å². The Bertz CT molecular complexity index is 1090. The highest BCUT2D eigenvalue weighted by molar-refractivity contribution is 7.99. The minimum atomic E-state index is -0.104. The summed E-state index contributed by atoms with van der Waals surface area (Å²) in [7, 11) is 0. The molecule has 7 heteroatoms. The Hall–Kier alpha value is -3.19. The number of fused-ring (bicyclic) bond motifs is 1. The maximum Gasteiger partial charge on any atom is 0.277 e.